The number of ether oxygens (including phenoxy) is 2. The quantitative estimate of drug-likeness (QED) is 0.393. The number of methoxy groups -OCH3 is 1. The van der Waals surface area contributed by atoms with E-state index in [9.17, 15) is 14.4 Å². The van der Waals surface area contributed by atoms with Crippen LogP contribution in [0.25, 0.3) is 21.8 Å². The van der Waals surface area contributed by atoms with Gasteiger partial charge in [0.25, 0.3) is 5.91 Å². The van der Waals surface area contributed by atoms with E-state index in [2.05, 4.69) is 10.3 Å². The number of hydrogen-bond acceptors (Lipinski definition) is 5. The zero-order chi connectivity index (χ0) is 21.1. The number of pyridine rings is 1. The third-order valence-electron chi connectivity index (χ3n) is 4.67. The number of H-pyrrole nitrogens is 1. The Morgan fingerprint density at radius 2 is 1.67 bits per heavy atom. The third kappa shape index (κ3) is 3.73. The van der Waals surface area contributed by atoms with Gasteiger partial charge in [-0.1, -0.05) is 18.2 Å². The number of rotatable bonds is 5. The topological polar surface area (TPSA) is 97.5 Å². The van der Waals surface area contributed by atoms with Crippen molar-refractivity contribution in [3.8, 4) is 5.75 Å². The molecule has 150 valence electrons. The number of aromatic amines is 1. The van der Waals surface area contributed by atoms with Crippen LogP contribution in [0.2, 0.25) is 0 Å². The van der Waals surface area contributed by atoms with Crippen LogP contribution in [0.5, 0.6) is 5.75 Å². The fourth-order valence-electron chi connectivity index (χ4n) is 3.20. The molecule has 0 aliphatic rings. The summed E-state index contributed by atoms with van der Waals surface area (Å²) in [6.07, 6.45) is 0. The van der Waals surface area contributed by atoms with Crippen molar-refractivity contribution in [2.24, 2.45) is 0 Å². The molecule has 2 N–H and O–H groups in total. The van der Waals surface area contributed by atoms with E-state index in [1.165, 1.54) is 0 Å². The van der Waals surface area contributed by atoms with Crippen LogP contribution in [0.3, 0.4) is 0 Å². The summed E-state index contributed by atoms with van der Waals surface area (Å²) < 4.78 is 10.2. The normalized spacial score (nSPS) is 10.7. The number of carbonyl (C=O) groups is 2. The first kappa shape index (κ1) is 19.2. The van der Waals surface area contributed by atoms with Gasteiger partial charge in [-0.05, 0) is 48.5 Å². The summed E-state index contributed by atoms with van der Waals surface area (Å²) in [6, 6.07) is 18.7. The Labute approximate surface area is 171 Å². The van der Waals surface area contributed by atoms with Crippen molar-refractivity contribution < 1.29 is 19.1 Å². The summed E-state index contributed by atoms with van der Waals surface area (Å²) >= 11 is 0. The third-order valence-corrected chi connectivity index (χ3v) is 4.67. The first-order valence-corrected chi connectivity index (χ1v) is 9.21. The monoisotopic (exact) mass is 402 g/mol. The minimum Gasteiger partial charge on any atom is -0.497 e. The largest absolute Gasteiger partial charge is 0.497 e. The number of amides is 1. The van der Waals surface area contributed by atoms with E-state index in [1.807, 2.05) is 0 Å². The smallest absolute Gasteiger partial charge is 0.340 e. The number of fused-ring (bicyclic) bond motifs is 2. The van der Waals surface area contributed by atoms with Gasteiger partial charge in [-0.2, -0.15) is 0 Å². The van der Waals surface area contributed by atoms with Crippen LogP contribution >= 0.6 is 0 Å². The van der Waals surface area contributed by atoms with E-state index >= 15 is 0 Å². The van der Waals surface area contributed by atoms with Crippen LogP contribution in [0.15, 0.2) is 71.5 Å². The molecule has 7 nitrogen and oxygen atoms in total. The van der Waals surface area contributed by atoms with E-state index in [0.717, 1.165) is 0 Å². The average molecular weight is 402 g/mol. The van der Waals surface area contributed by atoms with E-state index in [4.69, 9.17) is 9.47 Å². The standard InChI is InChI=1S/C23H18N2O5/c1-29-15-11-9-14(10-12-15)24-20(26)13-30-23(28)18-7-4-6-17-21(18)25-19-8-3-2-5-16(19)22(17)27/h2-12H,13H2,1H3,(H,24,26)(H,25,27). The molecule has 7 heteroatoms. The zero-order valence-corrected chi connectivity index (χ0v) is 16.1. The van der Waals surface area contributed by atoms with E-state index in [0.29, 0.717) is 33.2 Å². The average Bonchev–Trinajstić information content (AvgIpc) is 2.78. The van der Waals surface area contributed by atoms with Gasteiger partial charge in [0, 0.05) is 22.0 Å². The van der Waals surface area contributed by atoms with Gasteiger partial charge in [-0.3, -0.25) is 9.59 Å². The van der Waals surface area contributed by atoms with Crippen molar-refractivity contribution in [1.82, 2.24) is 4.98 Å². The molecular weight excluding hydrogens is 384 g/mol. The number of anilines is 1. The van der Waals surface area contributed by atoms with Crippen LogP contribution < -0.4 is 15.5 Å². The van der Waals surface area contributed by atoms with Crippen molar-refractivity contribution in [3.05, 3.63) is 82.5 Å². The van der Waals surface area contributed by atoms with Crippen molar-refractivity contribution in [3.63, 3.8) is 0 Å². The first-order valence-electron chi connectivity index (χ1n) is 9.21. The molecule has 4 aromatic rings. The van der Waals surface area contributed by atoms with Crippen molar-refractivity contribution in [2.45, 2.75) is 0 Å². The first-order chi connectivity index (χ1) is 14.6. The minimum atomic E-state index is -0.698. The van der Waals surface area contributed by atoms with Gasteiger partial charge in [0.15, 0.2) is 12.0 Å². The lowest BCUT2D eigenvalue weighted by atomic mass is 10.1. The van der Waals surface area contributed by atoms with Crippen LogP contribution in [-0.4, -0.2) is 30.6 Å². The minimum absolute atomic E-state index is 0.175. The Morgan fingerprint density at radius 3 is 2.43 bits per heavy atom. The molecule has 3 aromatic carbocycles. The molecule has 4 rings (SSSR count). The predicted octanol–water partition coefficient (Wildman–Crippen LogP) is 3.49. The Kier molecular flexibility index (Phi) is 5.17. The number of benzene rings is 3. The molecule has 0 atom stereocenters. The summed E-state index contributed by atoms with van der Waals surface area (Å²) in [5, 5.41) is 3.56. The maximum Gasteiger partial charge on any atom is 0.340 e. The highest BCUT2D eigenvalue weighted by Gasteiger charge is 2.16. The van der Waals surface area contributed by atoms with Crippen LogP contribution in [0.1, 0.15) is 10.4 Å². The fraction of sp³-hybridized carbons (Fsp3) is 0.0870. The van der Waals surface area contributed by atoms with Gasteiger partial charge in [-0.15, -0.1) is 0 Å². The van der Waals surface area contributed by atoms with Crippen LogP contribution in [0.4, 0.5) is 5.69 Å². The van der Waals surface area contributed by atoms with Gasteiger partial charge < -0.3 is 19.8 Å². The summed E-state index contributed by atoms with van der Waals surface area (Å²) in [6.45, 7) is -0.459. The maximum atomic E-state index is 12.7. The van der Waals surface area contributed by atoms with Gasteiger partial charge in [0.1, 0.15) is 5.75 Å². The van der Waals surface area contributed by atoms with E-state index < -0.39 is 18.5 Å². The second-order valence-corrected chi connectivity index (χ2v) is 6.58. The molecular formula is C23H18N2O5. The highest BCUT2D eigenvalue weighted by Crippen LogP contribution is 2.19. The zero-order valence-electron chi connectivity index (χ0n) is 16.1. The highest BCUT2D eigenvalue weighted by molar-refractivity contribution is 6.06. The predicted molar refractivity (Wildman–Crippen MR) is 114 cm³/mol. The van der Waals surface area contributed by atoms with Gasteiger partial charge in [-0.25, -0.2) is 4.79 Å². The molecule has 0 fully saturated rings. The second-order valence-electron chi connectivity index (χ2n) is 6.58. The van der Waals surface area contributed by atoms with Gasteiger partial charge in [0.05, 0.1) is 18.2 Å². The number of nitrogens with one attached hydrogen (secondary N) is 2. The number of esters is 1. The van der Waals surface area contributed by atoms with Gasteiger partial charge >= 0.3 is 5.97 Å². The van der Waals surface area contributed by atoms with E-state index in [-0.39, 0.29) is 11.0 Å². The lowest BCUT2D eigenvalue weighted by Gasteiger charge is -2.09. The number of hydrogen-bond donors (Lipinski definition) is 2. The summed E-state index contributed by atoms with van der Waals surface area (Å²) in [7, 11) is 1.55. The van der Waals surface area contributed by atoms with Crippen LogP contribution in [0, 0.1) is 0 Å². The molecule has 0 unspecified atom stereocenters. The van der Waals surface area contributed by atoms with Crippen molar-refractivity contribution in [1.29, 1.82) is 0 Å². The molecule has 0 bridgehead atoms. The Bertz CT molecular complexity index is 1310. The molecule has 0 aliphatic heterocycles. The SMILES string of the molecule is COc1ccc(NC(=O)COC(=O)c2cccc3c(=O)c4ccccc4[nH]c23)cc1. The summed E-state index contributed by atoms with van der Waals surface area (Å²) in [5.41, 5.74) is 1.56. The summed E-state index contributed by atoms with van der Waals surface area (Å²) in [5.74, 6) is -0.513. The number of para-hydroxylation sites is 2. The molecule has 1 amide bonds. The second kappa shape index (κ2) is 8.08. The Morgan fingerprint density at radius 1 is 0.933 bits per heavy atom. The van der Waals surface area contributed by atoms with Crippen molar-refractivity contribution in [2.75, 3.05) is 19.0 Å². The summed E-state index contributed by atoms with van der Waals surface area (Å²) in [4.78, 5) is 40.6. The number of carbonyl (C=O) groups excluding carboxylic acids is 2. The fourth-order valence-corrected chi connectivity index (χ4v) is 3.20. The molecule has 1 heterocycles. The lowest BCUT2D eigenvalue weighted by molar-refractivity contribution is -0.119. The van der Waals surface area contributed by atoms with E-state index in [1.54, 1.807) is 73.8 Å². The van der Waals surface area contributed by atoms with Crippen LogP contribution in [-0.2, 0) is 9.53 Å². The molecule has 0 saturated carbocycles. The molecule has 0 radical (unpaired) electrons. The molecule has 0 aliphatic carbocycles. The number of aromatic nitrogens is 1. The molecule has 1 aromatic heterocycles. The molecule has 30 heavy (non-hydrogen) atoms. The highest BCUT2D eigenvalue weighted by atomic mass is 16.5. The Hall–Kier alpha value is -4.13. The maximum absolute atomic E-state index is 12.7. The Balaban J connectivity index is 1.53. The van der Waals surface area contributed by atoms with Gasteiger partial charge in [0.2, 0.25) is 0 Å². The van der Waals surface area contributed by atoms with Crippen molar-refractivity contribution >= 4 is 39.4 Å². The molecule has 0 spiro atoms. The lowest BCUT2D eigenvalue weighted by Crippen LogP contribution is -2.21. The molecule has 0 saturated heterocycles.